The van der Waals surface area contributed by atoms with E-state index < -0.39 is 6.10 Å². The van der Waals surface area contributed by atoms with Crippen molar-refractivity contribution in [3.8, 4) is 0 Å². The first-order valence-electron chi connectivity index (χ1n) is 4.90. The molecule has 0 aliphatic heterocycles. The van der Waals surface area contributed by atoms with Crippen molar-refractivity contribution in [1.29, 1.82) is 0 Å². The number of hydrogen-bond acceptors (Lipinski definition) is 3. The molecular formula is C9H18N2O2. The van der Waals surface area contributed by atoms with Gasteiger partial charge >= 0.3 is 0 Å². The molecule has 0 bridgehead atoms. The standard InChI is InChI=1S/C9H18N2O2/c1-7(13-10)9(12)11-8-5-3-2-4-6-8/h7-8H,2-6,10H2,1H3,(H,11,12). The van der Waals surface area contributed by atoms with Crippen LogP contribution in [0.25, 0.3) is 0 Å². The summed E-state index contributed by atoms with van der Waals surface area (Å²) >= 11 is 0. The molecule has 0 aromatic rings. The van der Waals surface area contributed by atoms with Crippen LogP contribution in [0.1, 0.15) is 39.0 Å². The van der Waals surface area contributed by atoms with E-state index in [4.69, 9.17) is 5.90 Å². The van der Waals surface area contributed by atoms with Crippen LogP contribution in [-0.4, -0.2) is 18.1 Å². The van der Waals surface area contributed by atoms with Crippen LogP contribution in [0.2, 0.25) is 0 Å². The molecule has 4 heteroatoms. The first-order valence-corrected chi connectivity index (χ1v) is 4.90. The summed E-state index contributed by atoms with van der Waals surface area (Å²) in [5.41, 5.74) is 0. The lowest BCUT2D eigenvalue weighted by molar-refractivity contribution is -0.132. The van der Waals surface area contributed by atoms with Crippen molar-refractivity contribution in [2.24, 2.45) is 5.90 Å². The average Bonchev–Trinajstić information content (AvgIpc) is 2.18. The van der Waals surface area contributed by atoms with Crippen molar-refractivity contribution in [3.63, 3.8) is 0 Å². The molecule has 1 rings (SSSR count). The minimum absolute atomic E-state index is 0.102. The molecule has 0 aromatic carbocycles. The Labute approximate surface area is 78.8 Å². The molecule has 13 heavy (non-hydrogen) atoms. The van der Waals surface area contributed by atoms with E-state index in [9.17, 15) is 4.79 Å². The van der Waals surface area contributed by atoms with Gasteiger partial charge in [0.2, 0.25) is 0 Å². The summed E-state index contributed by atoms with van der Waals surface area (Å²) in [7, 11) is 0. The van der Waals surface area contributed by atoms with Gasteiger partial charge in [-0.05, 0) is 19.8 Å². The van der Waals surface area contributed by atoms with Crippen molar-refractivity contribution in [3.05, 3.63) is 0 Å². The third-order valence-corrected chi connectivity index (χ3v) is 2.52. The third-order valence-electron chi connectivity index (χ3n) is 2.52. The monoisotopic (exact) mass is 186 g/mol. The summed E-state index contributed by atoms with van der Waals surface area (Å²) in [5, 5.41) is 2.93. The van der Waals surface area contributed by atoms with Crippen LogP contribution >= 0.6 is 0 Å². The van der Waals surface area contributed by atoms with E-state index in [1.165, 1.54) is 19.3 Å². The van der Waals surface area contributed by atoms with E-state index in [2.05, 4.69) is 10.2 Å². The SMILES string of the molecule is CC(ON)C(=O)NC1CCCCC1. The van der Waals surface area contributed by atoms with E-state index >= 15 is 0 Å². The molecule has 1 fully saturated rings. The van der Waals surface area contributed by atoms with Crippen molar-refractivity contribution in [2.45, 2.75) is 51.2 Å². The average molecular weight is 186 g/mol. The predicted molar refractivity (Wildman–Crippen MR) is 49.8 cm³/mol. The Morgan fingerprint density at radius 2 is 2.08 bits per heavy atom. The largest absolute Gasteiger partial charge is 0.351 e. The van der Waals surface area contributed by atoms with Gasteiger partial charge in [-0.15, -0.1) is 0 Å². The van der Waals surface area contributed by atoms with Crippen LogP contribution in [0.15, 0.2) is 0 Å². The zero-order valence-electron chi connectivity index (χ0n) is 8.08. The number of nitrogens with two attached hydrogens (primary N) is 1. The molecule has 1 saturated carbocycles. The molecule has 0 aromatic heterocycles. The lowest BCUT2D eigenvalue weighted by atomic mass is 9.95. The molecule has 3 N–H and O–H groups in total. The van der Waals surface area contributed by atoms with Crippen molar-refractivity contribution in [2.75, 3.05) is 0 Å². The number of rotatable bonds is 3. The lowest BCUT2D eigenvalue weighted by Gasteiger charge is -2.23. The van der Waals surface area contributed by atoms with Crippen molar-refractivity contribution >= 4 is 5.91 Å². The summed E-state index contributed by atoms with van der Waals surface area (Å²) in [5.74, 6) is 4.81. The summed E-state index contributed by atoms with van der Waals surface area (Å²) in [6.45, 7) is 1.65. The van der Waals surface area contributed by atoms with Gasteiger partial charge in [-0.25, -0.2) is 5.90 Å². The fourth-order valence-electron chi connectivity index (χ4n) is 1.63. The summed E-state index contributed by atoms with van der Waals surface area (Å²) < 4.78 is 0. The smallest absolute Gasteiger partial charge is 0.251 e. The summed E-state index contributed by atoms with van der Waals surface area (Å²) in [4.78, 5) is 15.8. The van der Waals surface area contributed by atoms with Gasteiger partial charge in [-0.1, -0.05) is 19.3 Å². The van der Waals surface area contributed by atoms with Gasteiger partial charge in [0.05, 0.1) is 0 Å². The molecule has 76 valence electrons. The number of carbonyl (C=O) groups excluding carboxylic acids is 1. The maximum atomic E-state index is 11.3. The van der Waals surface area contributed by atoms with Crippen LogP contribution in [0.4, 0.5) is 0 Å². The van der Waals surface area contributed by atoms with E-state index in [1.807, 2.05) is 0 Å². The van der Waals surface area contributed by atoms with Gasteiger partial charge in [-0.2, -0.15) is 0 Å². The number of carbonyl (C=O) groups is 1. The Bertz CT molecular complexity index is 167. The molecule has 0 radical (unpaired) electrons. The molecule has 1 aliphatic rings. The van der Waals surface area contributed by atoms with E-state index in [0.29, 0.717) is 6.04 Å². The highest BCUT2D eigenvalue weighted by Crippen LogP contribution is 2.17. The minimum atomic E-state index is -0.540. The van der Waals surface area contributed by atoms with Gasteiger partial charge in [0.1, 0.15) is 0 Å². The number of hydrogen-bond donors (Lipinski definition) is 2. The zero-order chi connectivity index (χ0) is 9.68. The van der Waals surface area contributed by atoms with Crippen LogP contribution < -0.4 is 11.2 Å². The minimum Gasteiger partial charge on any atom is -0.351 e. The number of nitrogens with one attached hydrogen (secondary N) is 1. The fraction of sp³-hybridized carbons (Fsp3) is 0.889. The Balaban J connectivity index is 2.26. The maximum Gasteiger partial charge on any atom is 0.251 e. The topological polar surface area (TPSA) is 64.3 Å². The van der Waals surface area contributed by atoms with Crippen LogP contribution in [0.3, 0.4) is 0 Å². The van der Waals surface area contributed by atoms with Crippen LogP contribution in [0, 0.1) is 0 Å². The fourth-order valence-corrected chi connectivity index (χ4v) is 1.63. The van der Waals surface area contributed by atoms with Gasteiger partial charge in [0, 0.05) is 6.04 Å². The maximum absolute atomic E-state index is 11.3. The third kappa shape index (κ3) is 3.32. The quantitative estimate of drug-likeness (QED) is 0.638. The second kappa shape index (κ2) is 5.19. The summed E-state index contributed by atoms with van der Waals surface area (Å²) in [6.07, 6.45) is 5.34. The molecule has 1 amide bonds. The molecule has 0 saturated heterocycles. The van der Waals surface area contributed by atoms with Gasteiger partial charge in [0.25, 0.3) is 5.91 Å². The second-order valence-electron chi connectivity index (χ2n) is 3.62. The first kappa shape index (κ1) is 10.5. The van der Waals surface area contributed by atoms with Crippen LogP contribution in [-0.2, 0) is 9.63 Å². The number of amides is 1. The van der Waals surface area contributed by atoms with Crippen molar-refractivity contribution < 1.29 is 9.63 Å². The normalized spacial score (nSPS) is 21.1. The highest BCUT2D eigenvalue weighted by Gasteiger charge is 2.19. The zero-order valence-corrected chi connectivity index (χ0v) is 8.08. The Kier molecular flexibility index (Phi) is 4.18. The van der Waals surface area contributed by atoms with E-state index in [-0.39, 0.29) is 5.91 Å². The van der Waals surface area contributed by atoms with E-state index in [1.54, 1.807) is 6.92 Å². The van der Waals surface area contributed by atoms with Crippen LogP contribution in [0.5, 0.6) is 0 Å². The summed E-state index contributed by atoms with van der Waals surface area (Å²) in [6, 6.07) is 0.332. The molecule has 1 atom stereocenters. The predicted octanol–water partition coefficient (Wildman–Crippen LogP) is 0.714. The van der Waals surface area contributed by atoms with Gasteiger partial charge in [0.15, 0.2) is 6.10 Å². The molecule has 0 spiro atoms. The highest BCUT2D eigenvalue weighted by atomic mass is 16.6. The van der Waals surface area contributed by atoms with Crippen molar-refractivity contribution in [1.82, 2.24) is 5.32 Å². The Morgan fingerprint density at radius 1 is 1.46 bits per heavy atom. The van der Waals surface area contributed by atoms with Gasteiger partial charge in [-0.3, -0.25) is 9.63 Å². The second-order valence-corrected chi connectivity index (χ2v) is 3.62. The molecular weight excluding hydrogens is 168 g/mol. The molecule has 1 aliphatic carbocycles. The molecule has 4 nitrogen and oxygen atoms in total. The molecule has 0 heterocycles. The van der Waals surface area contributed by atoms with Gasteiger partial charge < -0.3 is 5.32 Å². The van der Waals surface area contributed by atoms with E-state index in [0.717, 1.165) is 12.8 Å². The first-order chi connectivity index (χ1) is 6.24. The lowest BCUT2D eigenvalue weighted by Crippen LogP contribution is -2.42. The molecule has 1 unspecified atom stereocenters. The Morgan fingerprint density at radius 3 is 2.62 bits per heavy atom. The Hall–Kier alpha value is -0.610. The highest BCUT2D eigenvalue weighted by molar-refractivity contribution is 5.80.